The minimum Gasteiger partial charge on any atom is -0.360 e. The molecule has 1 unspecified atom stereocenters. The largest absolute Gasteiger partial charge is 0.401 e. The van der Waals surface area contributed by atoms with Gasteiger partial charge in [-0.3, -0.25) is 9.89 Å². The highest BCUT2D eigenvalue weighted by Crippen LogP contribution is 2.23. The van der Waals surface area contributed by atoms with E-state index in [1.54, 1.807) is 18.4 Å². The van der Waals surface area contributed by atoms with Crippen molar-refractivity contribution in [3.8, 4) is 0 Å². The number of hydrogen-bond donors (Lipinski definition) is 1. The van der Waals surface area contributed by atoms with Crippen molar-refractivity contribution in [1.29, 1.82) is 0 Å². The molecule has 1 aromatic heterocycles. The molecule has 0 aliphatic carbocycles. The van der Waals surface area contributed by atoms with Gasteiger partial charge in [-0.15, -0.1) is 11.3 Å². The van der Waals surface area contributed by atoms with E-state index in [9.17, 15) is 13.2 Å². The number of likely N-dealkylation sites (tertiary alicyclic amines) is 1. The minimum absolute atomic E-state index is 0.0244. The Kier molecular flexibility index (Phi) is 5.73. The lowest BCUT2D eigenvalue weighted by molar-refractivity contribution is -0.143. The van der Waals surface area contributed by atoms with E-state index in [1.165, 1.54) is 9.90 Å². The molecule has 9 heteroatoms. The number of alkyl halides is 3. The summed E-state index contributed by atoms with van der Waals surface area (Å²) in [6, 6.07) is 4.21. The zero-order valence-corrected chi connectivity index (χ0v) is 15.1. The van der Waals surface area contributed by atoms with Crippen LogP contribution < -0.4 is 10.2 Å². The van der Waals surface area contributed by atoms with Crippen molar-refractivity contribution in [2.75, 3.05) is 57.8 Å². The highest BCUT2D eigenvalue weighted by Gasteiger charge is 2.35. The normalized spacial score (nSPS) is 23.4. The van der Waals surface area contributed by atoms with Crippen LogP contribution in [-0.4, -0.2) is 80.8 Å². The van der Waals surface area contributed by atoms with Gasteiger partial charge in [-0.1, -0.05) is 0 Å². The third kappa shape index (κ3) is 5.01. The zero-order chi connectivity index (χ0) is 17.9. The van der Waals surface area contributed by atoms with E-state index in [0.717, 1.165) is 32.1 Å². The molecule has 3 rings (SSSR count). The van der Waals surface area contributed by atoms with Gasteiger partial charge in [0.2, 0.25) is 0 Å². The van der Waals surface area contributed by atoms with E-state index in [1.807, 2.05) is 0 Å². The van der Waals surface area contributed by atoms with Crippen LogP contribution >= 0.6 is 11.3 Å². The van der Waals surface area contributed by atoms with Crippen molar-refractivity contribution < 1.29 is 13.2 Å². The molecule has 2 fully saturated rings. The number of guanidine groups is 1. The topological polar surface area (TPSA) is 34.1 Å². The number of nitrogens with one attached hydrogen (secondary N) is 1. The van der Waals surface area contributed by atoms with Crippen molar-refractivity contribution in [3.63, 3.8) is 0 Å². The average Bonchev–Trinajstić information content (AvgIpc) is 3.23. The number of thiophene rings is 1. The van der Waals surface area contributed by atoms with Crippen LogP contribution in [0.25, 0.3) is 0 Å². The Bertz CT molecular complexity index is 567. The molecule has 1 aromatic rings. The molecule has 140 valence electrons. The van der Waals surface area contributed by atoms with Crippen LogP contribution in [0.15, 0.2) is 22.5 Å². The van der Waals surface area contributed by atoms with E-state index in [2.05, 4.69) is 37.6 Å². The first-order chi connectivity index (χ1) is 11.9. The lowest BCUT2D eigenvalue weighted by atomic mass is 10.2. The Hall–Kier alpha value is -1.48. The van der Waals surface area contributed by atoms with E-state index in [0.29, 0.717) is 19.5 Å². The van der Waals surface area contributed by atoms with E-state index >= 15 is 0 Å². The van der Waals surface area contributed by atoms with Gasteiger partial charge in [-0.05, 0) is 23.9 Å². The van der Waals surface area contributed by atoms with E-state index < -0.39 is 12.7 Å². The molecule has 0 bridgehead atoms. The molecule has 5 nitrogen and oxygen atoms in total. The Morgan fingerprint density at radius 1 is 1.28 bits per heavy atom. The van der Waals surface area contributed by atoms with Gasteiger partial charge in [0, 0.05) is 52.4 Å². The van der Waals surface area contributed by atoms with Crippen molar-refractivity contribution in [3.05, 3.63) is 17.5 Å². The third-order valence-corrected chi connectivity index (χ3v) is 5.55. The van der Waals surface area contributed by atoms with Gasteiger partial charge in [-0.25, -0.2) is 0 Å². The predicted octanol–water partition coefficient (Wildman–Crippen LogP) is 2.08. The Balaban J connectivity index is 1.48. The fraction of sp³-hybridized carbons (Fsp3) is 0.688. The number of piperazine rings is 1. The first-order valence-electron chi connectivity index (χ1n) is 8.50. The molecule has 0 saturated carbocycles. The molecule has 1 atom stereocenters. The van der Waals surface area contributed by atoms with Gasteiger partial charge in [0.1, 0.15) is 0 Å². The van der Waals surface area contributed by atoms with Crippen LogP contribution in [0.5, 0.6) is 0 Å². The average molecular weight is 375 g/mol. The highest BCUT2D eigenvalue weighted by molar-refractivity contribution is 7.14. The molecule has 2 aliphatic heterocycles. The molecule has 25 heavy (non-hydrogen) atoms. The van der Waals surface area contributed by atoms with Gasteiger partial charge in [0.25, 0.3) is 0 Å². The Morgan fingerprint density at radius 3 is 2.64 bits per heavy atom. The quantitative estimate of drug-likeness (QED) is 0.648. The van der Waals surface area contributed by atoms with Crippen molar-refractivity contribution in [2.45, 2.75) is 18.6 Å². The summed E-state index contributed by atoms with van der Waals surface area (Å²) in [5.41, 5.74) is 0. The molecule has 0 radical (unpaired) electrons. The summed E-state index contributed by atoms with van der Waals surface area (Å²) in [7, 11) is 1.73. The second-order valence-corrected chi connectivity index (χ2v) is 7.38. The first-order valence-corrected chi connectivity index (χ1v) is 9.38. The standard InChI is InChI=1S/C16H24F3N5S/c1-20-15(21-13-4-5-22(11-13)12-16(17,18)19)24-8-6-23(7-9-24)14-3-2-10-25-14/h2-3,10,13H,4-9,11-12H2,1H3,(H,20,21). The number of anilines is 1. The maximum absolute atomic E-state index is 12.5. The lowest BCUT2D eigenvalue weighted by Crippen LogP contribution is -2.54. The lowest BCUT2D eigenvalue weighted by Gasteiger charge is -2.37. The minimum atomic E-state index is -4.13. The smallest absolute Gasteiger partial charge is 0.360 e. The third-order valence-electron chi connectivity index (χ3n) is 4.62. The monoisotopic (exact) mass is 375 g/mol. The second-order valence-electron chi connectivity index (χ2n) is 6.45. The predicted molar refractivity (Wildman–Crippen MR) is 95.5 cm³/mol. The molecule has 3 heterocycles. The number of nitrogens with zero attached hydrogens (tertiary/aromatic N) is 4. The summed E-state index contributed by atoms with van der Waals surface area (Å²) in [5.74, 6) is 0.796. The summed E-state index contributed by atoms with van der Waals surface area (Å²) in [5, 5.41) is 6.71. The molecule has 0 spiro atoms. The number of aliphatic imine (C=N–C) groups is 1. The molecule has 0 amide bonds. The summed E-state index contributed by atoms with van der Waals surface area (Å²) < 4.78 is 37.5. The Morgan fingerprint density at radius 2 is 2.04 bits per heavy atom. The van der Waals surface area contributed by atoms with Crippen LogP contribution in [0.4, 0.5) is 18.2 Å². The summed E-state index contributed by atoms with van der Waals surface area (Å²) >= 11 is 1.74. The molecule has 0 aromatic carbocycles. The van der Waals surface area contributed by atoms with Crippen LogP contribution in [0.2, 0.25) is 0 Å². The van der Waals surface area contributed by atoms with Crippen molar-refractivity contribution in [2.24, 2.45) is 4.99 Å². The summed E-state index contributed by atoms with van der Waals surface area (Å²) in [6.45, 7) is 3.61. The van der Waals surface area contributed by atoms with Crippen LogP contribution in [0.3, 0.4) is 0 Å². The first kappa shape index (κ1) is 18.3. The van der Waals surface area contributed by atoms with Crippen molar-refractivity contribution in [1.82, 2.24) is 15.1 Å². The summed E-state index contributed by atoms with van der Waals surface area (Å²) in [4.78, 5) is 10.3. The van der Waals surface area contributed by atoms with Crippen molar-refractivity contribution >= 4 is 22.3 Å². The second kappa shape index (κ2) is 7.82. The van der Waals surface area contributed by atoms with Crippen LogP contribution in [0.1, 0.15) is 6.42 Å². The molecular weight excluding hydrogens is 351 g/mol. The number of hydrogen-bond acceptors (Lipinski definition) is 4. The van der Waals surface area contributed by atoms with Gasteiger partial charge in [-0.2, -0.15) is 13.2 Å². The van der Waals surface area contributed by atoms with Gasteiger partial charge >= 0.3 is 6.18 Å². The van der Waals surface area contributed by atoms with Gasteiger partial charge in [0.05, 0.1) is 11.5 Å². The fourth-order valence-corrected chi connectivity index (χ4v) is 4.20. The molecule has 2 saturated heterocycles. The molecular formula is C16H24F3N5S. The fourth-order valence-electron chi connectivity index (χ4n) is 3.42. The SMILES string of the molecule is CN=C(NC1CCN(CC(F)(F)F)C1)N1CCN(c2cccs2)CC1. The maximum Gasteiger partial charge on any atom is 0.401 e. The van der Waals surface area contributed by atoms with Gasteiger partial charge < -0.3 is 15.1 Å². The number of halogens is 3. The molecule has 2 aliphatic rings. The summed E-state index contributed by atoms with van der Waals surface area (Å²) in [6.07, 6.45) is -3.42. The zero-order valence-electron chi connectivity index (χ0n) is 14.3. The van der Waals surface area contributed by atoms with Gasteiger partial charge in [0.15, 0.2) is 5.96 Å². The Labute approximate surface area is 150 Å². The van der Waals surface area contributed by atoms with E-state index in [-0.39, 0.29) is 6.04 Å². The highest BCUT2D eigenvalue weighted by atomic mass is 32.1. The maximum atomic E-state index is 12.5. The van der Waals surface area contributed by atoms with E-state index in [4.69, 9.17) is 0 Å². The number of rotatable bonds is 3. The molecule has 1 N–H and O–H groups in total. The van der Waals surface area contributed by atoms with Crippen LogP contribution in [0, 0.1) is 0 Å². The van der Waals surface area contributed by atoms with Crippen LogP contribution in [-0.2, 0) is 0 Å².